The average Bonchev–Trinajstić information content (AvgIpc) is 2.73. The Morgan fingerprint density at radius 3 is 1.46 bits per heavy atom. The molecule has 0 aromatic heterocycles. The highest BCUT2D eigenvalue weighted by atomic mass is 14.4. The first-order valence-corrected chi connectivity index (χ1v) is 13.9. The Kier molecular flexibility index (Phi) is 14.5. The predicted octanol–water partition coefficient (Wildman–Crippen LogP) is 10.2. The smallest absolute Gasteiger partial charge is 0.0383 e. The lowest BCUT2D eigenvalue weighted by Gasteiger charge is -2.39. The molecule has 166 valence electrons. The Labute approximate surface area is 179 Å². The molecule has 2 aliphatic rings. The van der Waals surface area contributed by atoms with Gasteiger partial charge in [-0.25, -0.2) is 0 Å². The molecule has 2 rings (SSSR count). The highest BCUT2D eigenvalue weighted by Gasteiger charge is 2.31. The van der Waals surface area contributed by atoms with Crippen LogP contribution in [0.25, 0.3) is 0 Å². The van der Waals surface area contributed by atoms with E-state index >= 15 is 0 Å². The van der Waals surface area contributed by atoms with E-state index in [-0.39, 0.29) is 0 Å². The van der Waals surface area contributed by atoms with Gasteiger partial charge in [-0.1, -0.05) is 148 Å². The maximum atomic E-state index is 2.31. The monoisotopic (exact) mass is 390 g/mol. The van der Waals surface area contributed by atoms with Crippen LogP contribution in [-0.4, -0.2) is 0 Å². The number of unbranched alkanes of at least 4 members (excludes halogenated alkanes) is 15. The Balaban J connectivity index is 1.27. The molecule has 0 saturated heterocycles. The summed E-state index contributed by atoms with van der Waals surface area (Å²) in [6, 6.07) is 0. The molecule has 0 N–H and O–H groups in total. The summed E-state index contributed by atoms with van der Waals surface area (Å²) in [4.78, 5) is 0. The standard InChI is InChI=1S/C28H54/c1-2-3-4-5-6-7-8-9-10-11-12-13-14-15-16-17-20-26-23-24-27-21-18-19-22-28(27)25-26/h26-28H,2-25H2,1H3. The molecular formula is C28H54. The summed E-state index contributed by atoms with van der Waals surface area (Å²) in [5, 5.41) is 0. The van der Waals surface area contributed by atoms with Crippen molar-refractivity contribution in [3.63, 3.8) is 0 Å². The summed E-state index contributed by atoms with van der Waals surface area (Å²) in [6.45, 7) is 2.31. The minimum Gasteiger partial charge on any atom is -0.0654 e. The van der Waals surface area contributed by atoms with Gasteiger partial charge in [0.2, 0.25) is 0 Å². The average molecular weight is 391 g/mol. The Bertz CT molecular complexity index is 333. The van der Waals surface area contributed by atoms with Crippen LogP contribution in [0, 0.1) is 17.8 Å². The SMILES string of the molecule is CCCCCCCCCCCCCCCCCCC1CCC2CCCCC2C1. The van der Waals surface area contributed by atoms with Gasteiger partial charge in [0.05, 0.1) is 0 Å². The Hall–Kier alpha value is 0. The lowest BCUT2D eigenvalue weighted by Crippen LogP contribution is -2.27. The third kappa shape index (κ3) is 11.3. The molecule has 2 fully saturated rings. The molecule has 0 spiro atoms. The van der Waals surface area contributed by atoms with Crippen LogP contribution in [0.2, 0.25) is 0 Å². The van der Waals surface area contributed by atoms with Gasteiger partial charge in [0, 0.05) is 0 Å². The molecule has 0 radical (unpaired) electrons. The molecular weight excluding hydrogens is 336 g/mol. The molecule has 0 bridgehead atoms. The van der Waals surface area contributed by atoms with E-state index in [1.165, 1.54) is 116 Å². The van der Waals surface area contributed by atoms with E-state index < -0.39 is 0 Å². The van der Waals surface area contributed by atoms with Crippen LogP contribution in [0.5, 0.6) is 0 Å². The van der Waals surface area contributed by atoms with Gasteiger partial charge < -0.3 is 0 Å². The number of fused-ring (bicyclic) bond motifs is 1. The zero-order valence-corrected chi connectivity index (χ0v) is 19.7. The minimum absolute atomic E-state index is 1.10. The van der Waals surface area contributed by atoms with Crippen molar-refractivity contribution in [2.45, 2.75) is 161 Å². The lowest BCUT2D eigenvalue weighted by atomic mass is 9.67. The summed E-state index contributed by atoms with van der Waals surface area (Å²) < 4.78 is 0. The quantitative estimate of drug-likeness (QED) is 0.217. The van der Waals surface area contributed by atoms with Gasteiger partial charge in [0.15, 0.2) is 0 Å². The zero-order chi connectivity index (χ0) is 19.7. The summed E-state index contributed by atoms with van der Waals surface area (Å²) in [5.74, 6) is 3.37. The van der Waals surface area contributed by atoms with Crippen molar-refractivity contribution in [1.82, 2.24) is 0 Å². The molecule has 0 heterocycles. The van der Waals surface area contributed by atoms with Gasteiger partial charge in [0.25, 0.3) is 0 Å². The van der Waals surface area contributed by atoms with Crippen molar-refractivity contribution in [3.05, 3.63) is 0 Å². The van der Waals surface area contributed by atoms with Gasteiger partial charge in [-0.3, -0.25) is 0 Å². The summed E-state index contributed by atoms with van der Waals surface area (Å²) in [5.41, 5.74) is 0. The Morgan fingerprint density at radius 1 is 0.464 bits per heavy atom. The van der Waals surface area contributed by atoms with Gasteiger partial charge in [-0.2, -0.15) is 0 Å². The molecule has 0 amide bonds. The predicted molar refractivity (Wildman–Crippen MR) is 127 cm³/mol. The molecule has 2 saturated carbocycles. The summed E-state index contributed by atoms with van der Waals surface area (Å²) in [6.07, 6.45) is 36.3. The van der Waals surface area contributed by atoms with Crippen LogP contribution in [-0.2, 0) is 0 Å². The lowest BCUT2D eigenvalue weighted by molar-refractivity contribution is 0.124. The minimum atomic E-state index is 1.10. The van der Waals surface area contributed by atoms with E-state index in [1.807, 2.05) is 0 Å². The first-order chi connectivity index (χ1) is 13.9. The molecule has 0 nitrogen and oxygen atoms in total. The molecule has 3 atom stereocenters. The van der Waals surface area contributed by atoms with Crippen molar-refractivity contribution < 1.29 is 0 Å². The van der Waals surface area contributed by atoms with Crippen LogP contribution in [0.3, 0.4) is 0 Å². The van der Waals surface area contributed by atoms with Crippen LogP contribution in [0.4, 0.5) is 0 Å². The third-order valence-corrected chi connectivity index (χ3v) is 8.11. The number of hydrogen-bond acceptors (Lipinski definition) is 0. The van der Waals surface area contributed by atoms with Crippen LogP contribution < -0.4 is 0 Å². The molecule has 0 aliphatic heterocycles. The van der Waals surface area contributed by atoms with Crippen molar-refractivity contribution in [2.24, 2.45) is 17.8 Å². The highest BCUT2D eigenvalue weighted by Crippen LogP contribution is 2.43. The summed E-state index contributed by atoms with van der Waals surface area (Å²) >= 11 is 0. The highest BCUT2D eigenvalue weighted by molar-refractivity contribution is 4.83. The first-order valence-electron chi connectivity index (χ1n) is 13.9. The molecule has 28 heavy (non-hydrogen) atoms. The third-order valence-electron chi connectivity index (χ3n) is 8.11. The second-order valence-electron chi connectivity index (χ2n) is 10.6. The van der Waals surface area contributed by atoms with E-state index in [1.54, 1.807) is 38.5 Å². The molecule has 2 aliphatic carbocycles. The van der Waals surface area contributed by atoms with Crippen molar-refractivity contribution in [3.8, 4) is 0 Å². The Morgan fingerprint density at radius 2 is 0.929 bits per heavy atom. The summed E-state index contributed by atoms with van der Waals surface area (Å²) in [7, 11) is 0. The largest absolute Gasteiger partial charge is 0.0654 e. The zero-order valence-electron chi connectivity index (χ0n) is 19.7. The fourth-order valence-electron chi connectivity index (χ4n) is 6.21. The second-order valence-corrected chi connectivity index (χ2v) is 10.6. The van der Waals surface area contributed by atoms with E-state index in [0.29, 0.717) is 0 Å². The second kappa shape index (κ2) is 16.8. The fraction of sp³-hybridized carbons (Fsp3) is 1.00. The fourth-order valence-corrected chi connectivity index (χ4v) is 6.21. The van der Waals surface area contributed by atoms with Crippen LogP contribution in [0.15, 0.2) is 0 Å². The maximum Gasteiger partial charge on any atom is -0.0383 e. The van der Waals surface area contributed by atoms with Crippen molar-refractivity contribution in [1.29, 1.82) is 0 Å². The van der Waals surface area contributed by atoms with Crippen molar-refractivity contribution >= 4 is 0 Å². The molecule has 0 aromatic carbocycles. The molecule has 0 heteroatoms. The van der Waals surface area contributed by atoms with E-state index in [2.05, 4.69) is 6.92 Å². The number of rotatable bonds is 17. The van der Waals surface area contributed by atoms with Gasteiger partial charge >= 0.3 is 0 Å². The normalized spacial score (nSPS) is 25.0. The van der Waals surface area contributed by atoms with Crippen LogP contribution >= 0.6 is 0 Å². The van der Waals surface area contributed by atoms with E-state index in [9.17, 15) is 0 Å². The molecule has 0 aromatic rings. The van der Waals surface area contributed by atoms with Gasteiger partial charge in [-0.05, 0) is 30.6 Å². The number of hydrogen-bond donors (Lipinski definition) is 0. The molecule has 3 unspecified atom stereocenters. The topological polar surface area (TPSA) is 0 Å². The van der Waals surface area contributed by atoms with Gasteiger partial charge in [0.1, 0.15) is 0 Å². The van der Waals surface area contributed by atoms with Gasteiger partial charge in [-0.15, -0.1) is 0 Å². The van der Waals surface area contributed by atoms with Crippen LogP contribution in [0.1, 0.15) is 161 Å². The first kappa shape index (κ1) is 24.3. The van der Waals surface area contributed by atoms with E-state index in [0.717, 1.165) is 17.8 Å². The van der Waals surface area contributed by atoms with E-state index in [4.69, 9.17) is 0 Å². The van der Waals surface area contributed by atoms with Crippen molar-refractivity contribution in [2.75, 3.05) is 0 Å². The maximum absolute atomic E-state index is 2.31.